The number of imide groups is 1. The Bertz CT molecular complexity index is 1190. The normalized spacial score (nSPS) is 24.8. The monoisotopic (exact) mass is 488 g/mol. The van der Waals surface area contributed by atoms with Crippen LogP contribution in [0.3, 0.4) is 0 Å². The molecule has 8 nitrogen and oxygen atoms in total. The van der Waals surface area contributed by atoms with E-state index < -0.39 is 17.6 Å². The Labute approximate surface area is 210 Å². The molecule has 2 aromatic carbocycles. The highest BCUT2D eigenvalue weighted by molar-refractivity contribution is 6.10. The molecule has 2 unspecified atom stereocenters. The van der Waals surface area contributed by atoms with Gasteiger partial charge in [0, 0.05) is 19.6 Å². The zero-order valence-corrected chi connectivity index (χ0v) is 20.5. The summed E-state index contributed by atoms with van der Waals surface area (Å²) >= 11 is 0. The van der Waals surface area contributed by atoms with Gasteiger partial charge in [0.25, 0.3) is 5.91 Å². The topological polar surface area (TPSA) is 99.8 Å². The molecular formula is C28H32N4O4. The fourth-order valence-electron chi connectivity index (χ4n) is 5.82. The molecule has 0 bridgehead atoms. The molecule has 2 heterocycles. The van der Waals surface area contributed by atoms with Crippen molar-refractivity contribution in [2.75, 3.05) is 13.1 Å². The van der Waals surface area contributed by atoms with E-state index in [2.05, 4.69) is 16.0 Å². The highest BCUT2D eigenvalue weighted by atomic mass is 16.5. The summed E-state index contributed by atoms with van der Waals surface area (Å²) in [4.78, 5) is 42.1. The van der Waals surface area contributed by atoms with Gasteiger partial charge < -0.3 is 20.7 Å². The first-order chi connectivity index (χ1) is 17.5. The fourth-order valence-corrected chi connectivity index (χ4v) is 5.82. The number of hydrogen-bond donors (Lipinski definition) is 3. The highest BCUT2D eigenvalue weighted by Crippen LogP contribution is 2.46. The number of carbonyl (C=O) groups excluding carboxylic acids is 3. The number of rotatable bonds is 8. The second-order valence-corrected chi connectivity index (χ2v) is 10.6. The van der Waals surface area contributed by atoms with Gasteiger partial charge in [-0.05, 0) is 66.3 Å². The van der Waals surface area contributed by atoms with E-state index in [0.717, 1.165) is 48.4 Å². The van der Waals surface area contributed by atoms with Gasteiger partial charge in [-0.25, -0.2) is 9.69 Å². The maximum absolute atomic E-state index is 14.0. The van der Waals surface area contributed by atoms with E-state index in [4.69, 9.17) is 4.74 Å². The molecular weight excluding hydrogens is 456 g/mol. The summed E-state index contributed by atoms with van der Waals surface area (Å²) in [6, 6.07) is 14.1. The van der Waals surface area contributed by atoms with Crippen LogP contribution in [0.5, 0.6) is 5.75 Å². The second kappa shape index (κ2) is 8.92. The molecule has 3 N–H and O–H groups in total. The molecule has 2 aliphatic carbocycles. The van der Waals surface area contributed by atoms with Crippen LogP contribution in [0, 0.1) is 11.8 Å². The Hall–Kier alpha value is -3.39. The lowest BCUT2D eigenvalue weighted by molar-refractivity contribution is -0.140. The summed E-state index contributed by atoms with van der Waals surface area (Å²) in [7, 11) is 0. The van der Waals surface area contributed by atoms with E-state index in [9.17, 15) is 14.4 Å². The van der Waals surface area contributed by atoms with Crippen molar-refractivity contribution in [1.29, 1.82) is 0 Å². The van der Waals surface area contributed by atoms with Crippen LogP contribution < -0.4 is 20.7 Å². The van der Waals surface area contributed by atoms with Crippen molar-refractivity contribution in [1.82, 2.24) is 20.9 Å². The fraction of sp³-hybridized carbons (Fsp3) is 0.464. The molecule has 8 heteroatoms. The smallest absolute Gasteiger partial charge is 0.326 e. The van der Waals surface area contributed by atoms with Gasteiger partial charge in [-0.3, -0.25) is 9.59 Å². The van der Waals surface area contributed by atoms with Crippen LogP contribution in [0.15, 0.2) is 48.5 Å². The zero-order valence-electron chi connectivity index (χ0n) is 20.5. The number of urea groups is 1. The van der Waals surface area contributed by atoms with Crippen molar-refractivity contribution in [2.45, 2.75) is 56.8 Å². The third-order valence-electron chi connectivity index (χ3n) is 8.20. The Balaban J connectivity index is 1.25. The Morgan fingerprint density at radius 1 is 1.17 bits per heavy atom. The largest absolute Gasteiger partial charge is 0.488 e. The van der Waals surface area contributed by atoms with Crippen LogP contribution in [0.25, 0.3) is 0 Å². The quantitative estimate of drug-likeness (QED) is 0.496. The minimum absolute atomic E-state index is 0.113. The first-order valence-corrected chi connectivity index (χ1v) is 12.9. The zero-order chi connectivity index (χ0) is 24.9. The van der Waals surface area contributed by atoms with Crippen LogP contribution in [0.4, 0.5) is 4.79 Å². The second-order valence-electron chi connectivity index (χ2n) is 10.6. The van der Waals surface area contributed by atoms with Gasteiger partial charge in [0.05, 0.1) is 0 Å². The SMILES string of the molecule is C[C@@H](C1CC1)C(C(=O)NCc1ccccc1)N1C(=O)NC2(CCc3cc(OC4CNC4)ccc32)C1=O. The van der Waals surface area contributed by atoms with Gasteiger partial charge in [0.2, 0.25) is 5.91 Å². The van der Waals surface area contributed by atoms with Gasteiger partial charge >= 0.3 is 6.03 Å². The highest BCUT2D eigenvalue weighted by Gasteiger charge is 2.59. The lowest BCUT2D eigenvalue weighted by Crippen LogP contribution is -2.54. The Morgan fingerprint density at radius 2 is 1.94 bits per heavy atom. The summed E-state index contributed by atoms with van der Waals surface area (Å²) in [5.41, 5.74) is 1.67. The lowest BCUT2D eigenvalue weighted by atomic mass is 9.89. The average molecular weight is 489 g/mol. The number of amides is 4. The maximum atomic E-state index is 14.0. The van der Waals surface area contributed by atoms with Crippen molar-refractivity contribution < 1.29 is 19.1 Å². The van der Waals surface area contributed by atoms with Crippen molar-refractivity contribution in [3.05, 3.63) is 65.2 Å². The predicted octanol–water partition coefficient (Wildman–Crippen LogP) is 2.46. The average Bonchev–Trinajstić information content (AvgIpc) is 3.61. The third kappa shape index (κ3) is 3.93. The number of benzene rings is 2. The van der Waals surface area contributed by atoms with Crippen molar-refractivity contribution in [2.24, 2.45) is 11.8 Å². The number of aryl methyl sites for hydroxylation is 1. The number of carbonyl (C=O) groups is 3. The van der Waals surface area contributed by atoms with Crippen LogP contribution >= 0.6 is 0 Å². The molecule has 0 aromatic heterocycles. The molecule has 0 radical (unpaired) electrons. The lowest BCUT2D eigenvalue weighted by Gasteiger charge is -2.31. The molecule has 36 heavy (non-hydrogen) atoms. The Kier molecular flexibility index (Phi) is 5.71. The summed E-state index contributed by atoms with van der Waals surface area (Å²) in [5.74, 6) is 0.404. The van der Waals surface area contributed by atoms with Crippen LogP contribution in [0.1, 0.15) is 42.9 Å². The van der Waals surface area contributed by atoms with Crippen LogP contribution in [-0.4, -0.2) is 48.0 Å². The van der Waals surface area contributed by atoms with E-state index >= 15 is 0 Å². The van der Waals surface area contributed by atoms with Crippen molar-refractivity contribution in [3.8, 4) is 5.75 Å². The van der Waals surface area contributed by atoms with E-state index in [-0.39, 0.29) is 23.8 Å². The molecule has 1 saturated carbocycles. The minimum Gasteiger partial charge on any atom is -0.488 e. The molecule has 4 aliphatic rings. The van der Waals surface area contributed by atoms with Gasteiger partial charge in [0.15, 0.2) is 0 Å². The van der Waals surface area contributed by atoms with Gasteiger partial charge in [0.1, 0.15) is 23.4 Å². The standard InChI is InChI=1S/C28H32N4O4/c1-17(19-7-8-19)24(25(33)30-14-18-5-3-2-4-6-18)32-26(34)28(31-27(32)35)12-11-20-13-21(9-10-23(20)28)36-22-15-29-16-22/h2-6,9-10,13,17,19,22,24,29H,7-8,11-12,14-16H2,1H3,(H,30,33)(H,31,35)/t17-,24?,28?/m0/s1. The molecule has 4 amide bonds. The summed E-state index contributed by atoms with van der Waals surface area (Å²) < 4.78 is 6.00. The van der Waals surface area contributed by atoms with E-state index in [0.29, 0.717) is 25.3 Å². The van der Waals surface area contributed by atoms with E-state index in [1.807, 2.05) is 55.5 Å². The number of ether oxygens (including phenoxy) is 1. The predicted molar refractivity (Wildman–Crippen MR) is 133 cm³/mol. The summed E-state index contributed by atoms with van der Waals surface area (Å²) in [5, 5.41) is 9.17. The third-order valence-corrected chi connectivity index (χ3v) is 8.20. The van der Waals surface area contributed by atoms with E-state index in [1.165, 1.54) is 4.90 Å². The molecule has 188 valence electrons. The first kappa shape index (κ1) is 23.0. The number of hydrogen-bond acceptors (Lipinski definition) is 5. The molecule has 3 fully saturated rings. The minimum atomic E-state index is -1.12. The number of fused-ring (bicyclic) bond motifs is 2. The summed E-state index contributed by atoms with van der Waals surface area (Å²) in [6.07, 6.45) is 3.34. The van der Waals surface area contributed by atoms with Crippen LogP contribution in [0.2, 0.25) is 0 Å². The van der Waals surface area contributed by atoms with Crippen LogP contribution in [-0.2, 0) is 28.1 Å². The number of nitrogens with zero attached hydrogens (tertiary/aromatic N) is 1. The molecule has 1 spiro atoms. The maximum Gasteiger partial charge on any atom is 0.326 e. The van der Waals surface area contributed by atoms with E-state index in [1.54, 1.807) is 0 Å². The van der Waals surface area contributed by atoms with Crippen molar-refractivity contribution in [3.63, 3.8) is 0 Å². The molecule has 2 saturated heterocycles. The van der Waals surface area contributed by atoms with Gasteiger partial charge in [-0.2, -0.15) is 0 Å². The summed E-state index contributed by atoms with van der Waals surface area (Å²) in [6.45, 7) is 4.00. The molecule has 2 aliphatic heterocycles. The number of nitrogens with one attached hydrogen (secondary N) is 3. The molecule has 3 atom stereocenters. The Morgan fingerprint density at radius 3 is 2.64 bits per heavy atom. The molecule has 6 rings (SSSR count). The van der Waals surface area contributed by atoms with Gasteiger partial charge in [-0.15, -0.1) is 0 Å². The first-order valence-electron chi connectivity index (χ1n) is 12.9. The van der Waals surface area contributed by atoms with Crippen molar-refractivity contribution >= 4 is 17.8 Å². The molecule has 2 aromatic rings. The van der Waals surface area contributed by atoms with Gasteiger partial charge in [-0.1, -0.05) is 43.3 Å².